The maximum atomic E-state index is 4.76. The zero-order valence-electron chi connectivity index (χ0n) is 15.3. The van der Waals surface area contributed by atoms with Crippen LogP contribution in [0.2, 0.25) is 0 Å². The molecule has 28 heavy (non-hydrogen) atoms. The summed E-state index contributed by atoms with van der Waals surface area (Å²) >= 11 is 0. The van der Waals surface area contributed by atoms with Crippen molar-refractivity contribution < 1.29 is 0 Å². The van der Waals surface area contributed by atoms with Crippen molar-refractivity contribution in [3.05, 3.63) is 101 Å². The molecule has 3 aliphatic rings. The first-order chi connectivity index (χ1) is 13.9. The Hall–Kier alpha value is -3.46. The second-order valence-electron chi connectivity index (χ2n) is 7.89. The third-order valence-electron chi connectivity index (χ3n) is 6.46. The Morgan fingerprint density at radius 2 is 1.68 bits per heavy atom. The summed E-state index contributed by atoms with van der Waals surface area (Å²) in [7, 11) is 0. The second kappa shape index (κ2) is 5.08. The Morgan fingerprint density at radius 1 is 0.714 bits per heavy atom. The molecule has 0 fully saturated rings. The lowest BCUT2D eigenvalue weighted by atomic mass is 9.84. The third-order valence-corrected chi connectivity index (χ3v) is 6.46. The van der Waals surface area contributed by atoms with Gasteiger partial charge < -0.3 is 4.90 Å². The zero-order valence-corrected chi connectivity index (χ0v) is 15.3. The molecule has 4 aromatic rings. The Bertz CT molecular complexity index is 1290. The molecular formula is C25H17N3. The molecule has 0 radical (unpaired) electrons. The first-order valence-corrected chi connectivity index (χ1v) is 9.81. The molecule has 2 aliphatic heterocycles. The van der Waals surface area contributed by atoms with Crippen LogP contribution in [0.5, 0.6) is 0 Å². The number of fused-ring (bicyclic) bond motifs is 8. The van der Waals surface area contributed by atoms with E-state index in [1.54, 1.807) is 0 Å². The maximum absolute atomic E-state index is 4.76. The monoisotopic (exact) mass is 359 g/mol. The molecule has 132 valence electrons. The molecule has 0 amide bonds. The smallest absolute Gasteiger partial charge is 0.0688 e. The van der Waals surface area contributed by atoms with E-state index >= 15 is 0 Å². The van der Waals surface area contributed by atoms with Gasteiger partial charge in [0.15, 0.2) is 0 Å². The lowest BCUT2D eigenvalue weighted by Crippen LogP contribution is -2.26. The number of aromatic nitrogens is 2. The van der Waals surface area contributed by atoms with Gasteiger partial charge in [-0.3, -0.25) is 9.97 Å². The third kappa shape index (κ3) is 1.74. The van der Waals surface area contributed by atoms with Crippen LogP contribution in [0, 0.1) is 0 Å². The van der Waals surface area contributed by atoms with Crippen LogP contribution in [-0.4, -0.2) is 9.97 Å². The van der Waals surface area contributed by atoms with Crippen LogP contribution in [0.1, 0.15) is 33.5 Å². The van der Waals surface area contributed by atoms with Crippen LogP contribution < -0.4 is 4.90 Å². The van der Waals surface area contributed by atoms with Crippen LogP contribution in [0.25, 0.3) is 11.1 Å². The van der Waals surface area contributed by atoms with Gasteiger partial charge in [-0.15, -0.1) is 0 Å². The van der Waals surface area contributed by atoms with Gasteiger partial charge in [-0.25, -0.2) is 0 Å². The van der Waals surface area contributed by atoms with Gasteiger partial charge in [-0.05, 0) is 69.6 Å². The van der Waals surface area contributed by atoms with Gasteiger partial charge in [-0.2, -0.15) is 0 Å². The summed E-state index contributed by atoms with van der Waals surface area (Å²) in [5, 5.41) is 0. The van der Waals surface area contributed by atoms with Gasteiger partial charge in [-0.1, -0.05) is 24.3 Å². The number of rotatable bonds is 0. The van der Waals surface area contributed by atoms with E-state index in [-0.39, 0.29) is 0 Å². The average Bonchev–Trinajstić information content (AvgIpc) is 3.12. The van der Waals surface area contributed by atoms with Crippen LogP contribution in [0.15, 0.2) is 67.1 Å². The molecule has 4 heterocycles. The van der Waals surface area contributed by atoms with Gasteiger partial charge in [0.2, 0.25) is 0 Å². The van der Waals surface area contributed by atoms with Crippen molar-refractivity contribution in [2.24, 2.45) is 0 Å². The van der Waals surface area contributed by atoms with Gasteiger partial charge >= 0.3 is 0 Å². The van der Waals surface area contributed by atoms with Crippen molar-refractivity contribution in [3.8, 4) is 11.1 Å². The van der Waals surface area contributed by atoms with Crippen molar-refractivity contribution >= 4 is 17.1 Å². The average molecular weight is 359 g/mol. The summed E-state index contributed by atoms with van der Waals surface area (Å²) in [5.74, 6) is 0. The lowest BCUT2D eigenvalue weighted by Gasteiger charge is -2.39. The van der Waals surface area contributed by atoms with E-state index in [9.17, 15) is 0 Å². The van der Waals surface area contributed by atoms with Gasteiger partial charge in [0.1, 0.15) is 0 Å². The minimum Gasteiger partial charge on any atom is -0.306 e. The molecule has 0 spiro atoms. The van der Waals surface area contributed by atoms with Gasteiger partial charge in [0.25, 0.3) is 0 Å². The Kier molecular flexibility index (Phi) is 2.64. The molecule has 2 aromatic carbocycles. The predicted molar refractivity (Wildman–Crippen MR) is 111 cm³/mol. The minimum atomic E-state index is 0.905. The van der Waals surface area contributed by atoms with Crippen molar-refractivity contribution in [1.29, 1.82) is 0 Å². The van der Waals surface area contributed by atoms with E-state index in [4.69, 9.17) is 4.98 Å². The molecule has 7 rings (SSSR count). The van der Waals surface area contributed by atoms with Crippen molar-refractivity contribution in [1.82, 2.24) is 9.97 Å². The first kappa shape index (κ1) is 14.6. The molecule has 0 N–H and O–H groups in total. The van der Waals surface area contributed by atoms with Crippen molar-refractivity contribution in [2.45, 2.75) is 19.3 Å². The van der Waals surface area contributed by atoms with Gasteiger partial charge in [0, 0.05) is 25.2 Å². The van der Waals surface area contributed by atoms with E-state index < -0.39 is 0 Å². The Labute approximate surface area is 163 Å². The Balaban J connectivity index is 1.58. The fraction of sp³-hybridized carbons (Fsp3) is 0.120. The molecule has 0 atom stereocenters. The normalized spacial score (nSPS) is 14.6. The predicted octanol–water partition coefficient (Wildman–Crippen LogP) is 5.33. The van der Waals surface area contributed by atoms with E-state index in [1.807, 2.05) is 24.7 Å². The second-order valence-corrected chi connectivity index (χ2v) is 7.89. The number of benzene rings is 2. The molecule has 2 aromatic heterocycles. The highest BCUT2D eigenvalue weighted by Gasteiger charge is 2.36. The molecule has 3 nitrogen and oxygen atoms in total. The summed E-state index contributed by atoms with van der Waals surface area (Å²) in [6, 6.07) is 17.7. The summed E-state index contributed by atoms with van der Waals surface area (Å²) in [6.07, 6.45) is 8.71. The van der Waals surface area contributed by atoms with Crippen molar-refractivity contribution in [2.75, 3.05) is 4.90 Å². The zero-order chi connectivity index (χ0) is 18.2. The number of pyridine rings is 2. The molecule has 0 saturated heterocycles. The highest BCUT2D eigenvalue weighted by molar-refractivity contribution is 5.93. The van der Waals surface area contributed by atoms with E-state index in [2.05, 4.69) is 52.3 Å². The summed E-state index contributed by atoms with van der Waals surface area (Å²) < 4.78 is 0. The number of hydrogen-bond donors (Lipinski definition) is 0. The maximum Gasteiger partial charge on any atom is 0.0688 e. The summed E-state index contributed by atoms with van der Waals surface area (Å²) in [4.78, 5) is 11.6. The van der Waals surface area contributed by atoms with Crippen LogP contribution in [0.4, 0.5) is 17.1 Å². The molecule has 0 saturated carbocycles. The number of nitrogens with zero attached hydrogens (tertiary/aromatic N) is 3. The van der Waals surface area contributed by atoms with Crippen LogP contribution in [-0.2, 0) is 19.3 Å². The highest BCUT2D eigenvalue weighted by atomic mass is 15.2. The van der Waals surface area contributed by atoms with E-state index in [0.717, 1.165) is 25.0 Å². The Morgan fingerprint density at radius 3 is 2.68 bits per heavy atom. The fourth-order valence-electron chi connectivity index (χ4n) is 5.28. The topological polar surface area (TPSA) is 29.0 Å². The largest absolute Gasteiger partial charge is 0.306 e. The SMILES string of the molecule is c1ccc2c(c1)Cc1c-2cc2c3c1Cc1ncccc1N3c1cnccc1C2. The molecular weight excluding hydrogens is 342 g/mol. The van der Waals surface area contributed by atoms with Crippen LogP contribution >= 0.6 is 0 Å². The number of anilines is 3. The standard InChI is InChI=1S/C25H17N3/c1-2-5-18-15(4-1)11-20-19(18)12-17-10-16-7-9-26-14-24(16)28-23-6-3-8-27-22(23)13-21(20)25(17)28/h1-9,12,14H,10-11,13H2. The first-order valence-electron chi connectivity index (χ1n) is 9.81. The molecule has 0 bridgehead atoms. The van der Waals surface area contributed by atoms with Crippen LogP contribution in [0.3, 0.4) is 0 Å². The van der Waals surface area contributed by atoms with E-state index in [0.29, 0.717) is 0 Å². The fourth-order valence-corrected chi connectivity index (χ4v) is 5.28. The minimum absolute atomic E-state index is 0.905. The summed E-state index contributed by atoms with van der Waals surface area (Å²) in [5.41, 5.74) is 14.8. The lowest BCUT2D eigenvalue weighted by molar-refractivity contribution is 0.951. The summed E-state index contributed by atoms with van der Waals surface area (Å²) in [6.45, 7) is 0. The molecule has 3 heteroatoms. The quantitative estimate of drug-likeness (QED) is 0.367. The molecule has 0 unspecified atom stereocenters. The van der Waals surface area contributed by atoms with Gasteiger partial charge in [0.05, 0.1) is 29.0 Å². The highest BCUT2D eigenvalue weighted by Crippen LogP contribution is 2.53. The van der Waals surface area contributed by atoms with E-state index in [1.165, 1.54) is 56.0 Å². The number of hydrogen-bond acceptors (Lipinski definition) is 3. The molecule has 1 aliphatic carbocycles. The van der Waals surface area contributed by atoms with Crippen molar-refractivity contribution in [3.63, 3.8) is 0 Å².